The van der Waals surface area contributed by atoms with Crippen LogP contribution in [0.5, 0.6) is 0 Å². The molecule has 9 nitrogen and oxygen atoms in total. The van der Waals surface area contributed by atoms with Crippen LogP contribution in [-0.4, -0.2) is 48.6 Å². The van der Waals surface area contributed by atoms with Gasteiger partial charge in [-0.05, 0) is 35.6 Å². The first-order valence-electron chi connectivity index (χ1n) is 10.6. The number of aromatic nitrogens is 4. The Hall–Kier alpha value is -4.40. The molecule has 9 heteroatoms. The zero-order chi connectivity index (χ0) is 22.5. The SMILES string of the molecule is O=C1CCC(N2Cc3c(cccc3-c3cn(-c4cccc5ccncc45)nn3)C2=O)C(=O)N1. The minimum Gasteiger partial charge on any atom is -0.322 e. The number of piperidine rings is 1. The second kappa shape index (κ2) is 7.33. The van der Waals surface area contributed by atoms with Crippen LogP contribution in [0.25, 0.3) is 27.7 Å². The number of amides is 3. The molecule has 162 valence electrons. The number of benzene rings is 2. The average Bonchev–Trinajstić information content (AvgIpc) is 3.44. The summed E-state index contributed by atoms with van der Waals surface area (Å²) in [6, 6.07) is 12.7. The molecule has 0 saturated carbocycles. The third-order valence-corrected chi connectivity index (χ3v) is 6.26. The number of rotatable bonds is 3. The van der Waals surface area contributed by atoms with E-state index in [-0.39, 0.29) is 24.8 Å². The summed E-state index contributed by atoms with van der Waals surface area (Å²) in [7, 11) is 0. The van der Waals surface area contributed by atoms with Gasteiger partial charge in [0, 0.05) is 41.9 Å². The minimum atomic E-state index is -0.658. The largest absolute Gasteiger partial charge is 0.322 e. The van der Waals surface area contributed by atoms with Crippen LogP contribution in [0.4, 0.5) is 0 Å². The highest BCUT2D eigenvalue weighted by Crippen LogP contribution is 2.34. The fraction of sp³-hybridized carbons (Fsp3) is 0.167. The number of nitrogens with one attached hydrogen (secondary N) is 1. The normalized spacial score (nSPS) is 18.0. The Morgan fingerprint density at radius 1 is 1.00 bits per heavy atom. The molecule has 1 saturated heterocycles. The van der Waals surface area contributed by atoms with Gasteiger partial charge < -0.3 is 4.90 Å². The highest BCUT2D eigenvalue weighted by Gasteiger charge is 2.40. The Morgan fingerprint density at radius 2 is 1.85 bits per heavy atom. The number of fused-ring (bicyclic) bond motifs is 2. The predicted molar refractivity (Wildman–Crippen MR) is 118 cm³/mol. The van der Waals surface area contributed by atoms with E-state index in [9.17, 15) is 14.4 Å². The van der Waals surface area contributed by atoms with Gasteiger partial charge in [-0.3, -0.25) is 24.7 Å². The highest BCUT2D eigenvalue weighted by atomic mass is 16.2. The summed E-state index contributed by atoms with van der Waals surface area (Å²) >= 11 is 0. The molecule has 1 N–H and O–H groups in total. The van der Waals surface area contributed by atoms with Crippen molar-refractivity contribution in [2.24, 2.45) is 0 Å². The summed E-state index contributed by atoms with van der Waals surface area (Å²) < 4.78 is 1.70. The first-order valence-corrected chi connectivity index (χ1v) is 10.6. The standard InChI is InChI=1S/C24H18N6O3/c31-22-8-7-21(23(32)26-22)29-12-18-15(4-2-5-16(18)24(29)33)19-13-30(28-27-19)20-6-1-3-14-9-10-25-11-17(14)20/h1-6,9-11,13,21H,7-8,12H2,(H,26,31,32). The molecule has 3 amide bonds. The second-order valence-corrected chi connectivity index (χ2v) is 8.15. The van der Waals surface area contributed by atoms with Crippen LogP contribution in [0.1, 0.15) is 28.8 Å². The molecular weight excluding hydrogens is 420 g/mol. The Bertz CT molecular complexity index is 1450. The van der Waals surface area contributed by atoms with Crippen LogP contribution in [0.3, 0.4) is 0 Å². The first-order chi connectivity index (χ1) is 16.1. The molecule has 0 aliphatic carbocycles. The average molecular weight is 438 g/mol. The third kappa shape index (κ3) is 3.08. The molecule has 0 radical (unpaired) electrons. The molecule has 0 spiro atoms. The highest BCUT2D eigenvalue weighted by molar-refractivity contribution is 6.06. The van der Waals surface area contributed by atoms with Crippen molar-refractivity contribution in [1.29, 1.82) is 0 Å². The van der Waals surface area contributed by atoms with E-state index in [1.807, 2.05) is 36.5 Å². The van der Waals surface area contributed by atoms with Crippen molar-refractivity contribution < 1.29 is 14.4 Å². The molecule has 4 heterocycles. The minimum absolute atomic E-state index is 0.214. The Labute approximate surface area is 188 Å². The van der Waals surface area contributed by atoms with Crippen molar-refractivity contribution in [3.8, 4) is 16.9 Å². The lowest BCUT2D eigenvalue weighted by molar-refractivity contribution is -0.136. The van der Waals surface area contributed by atoms with Crippen LogP contribution in [-0.2, 0) is 16.1 Å². The van der Waals surface area contributed by atoms with Gasteiger partial charge in [0.2, 0.25) is 11.8 Å². The van der Waals surface area contributed by atoms with Crippen LogP contribution in [0, 0.1) is 0 Å². The van der Waals surface area contributed by atoms with Crippen molar-refractivity contribution in [3.63, 3.8) is 0 Å². The van der Waals surface area contributed by atoms with Crippen molar-refractivity contribution in [1.82, 2.24) is 30.2 Å². The molecule has 1 atom stereocenters. The van der Waals surface area contributed by atoms with Crippen LogP contribution >= 0.6 is 0 Å². The molecule has 4 aromatic rings. The van der Waals surface area contributed by atoms with Crippen molar-refractivity contribution in [2.75, 3.05) is 0 Å². The fourth-order valence-corrected chi connectivity index (χ4v) is 4.63. The monoisotopic (exact) mass is 438 g/mol. The number of hydrogen-bond acceptors (Lipinski definition) is 6. The summed E-state index contributed by atoms with van der Waals surface area (Å²) in [6.45, 7) is 0.279. The molecule has 2 aliphatic heterocycles. The van der Waals surface area contributed by atoms with Gasteiger partial charge in [0.05, 0.1) is 11.9 Å². The lowest BCUT2D eigenvalue weighted by Gasteiger charge is -2.29. The van der Waals surface area contributed by atoms with Gasteiger partial charge in [-0.15, -0.1) is 5.10 Å². The third-order valence-electron chi connectivity index (χ3n) is 6.26. The number of pyridine rings is 1. The number of carbonyl (C=O) groups is 3. The van der Waals surface area contributed by atoms with E-state index in [1.54, 1.807) is 29.2 Å². The topological polar surface area (TPSA) is 110 Å². The maximum Gasteiger partial charge on any atom is 0.255 e. The van der Waals surface area contributed by atoms with Crippen LogP contribution in [0.2, 0.25) is 0 Å². The van der Waals surface area contributed by atoms with Gasteiger partial charge in [-0.25, -0.2) is 4.68 Å². The molecule has 33 heavy (non-hydrogen) atoms. The zero-order valence-corrected chi connectivity index (χ0v) is 17.4. The van der Waals surface area contributed by atoms with E-state index >= 15 is 0 Å². The maximum atomic E-state index is 13.1. The fourth-order valence-electron chi connectivity index (χ4n) is 4.63. The molecule has 2 aromatic heterocycles. The number of carbonyl (C=O) groups excluding carboxylic acids is 3. The molecule has 6 rings (SSSR count). The number of nitrogens with zero attached hydrogens (tertiary/aromatic N) is 5. The Balaban J connectivity index is 1.37. The lowest BCUT2D eigenvalue weighted by atomic mass is 10.0. The number of hydrogen-bond donors (Lipinski definition) is 1. The van der Waals surface area contributed by atoms with E-state index in [2.05, 4.69) is 20.6 Å². The quantitative estimate of drug-likeness (QED) is 0.491. The first kappa shape index (κ1) is 19.3. The van der Waals surface area contributed by atoms with E-state index in [1.165, 1.54) is 4.90 Å². The summed E-state index contributed by atoms with van der Waals surface area (Å²) in [5, 5.41) is 13.0. The number of imide groups is 1. The summed E-state index contributed by atoms with van der Waals surface area (Å²) in [6.07, 6.45) is 5.92. The molecule has 1 unspecified atom stereocenters. The maximum absolute atomic E-state index is 13.1. The van der Waals surface area contributed by atoms with Crippen molar-refractivity contribution in [3.05, 3.63) is 72.2 Å². The molecule has 0 bridgehead atoms. The van der Waals surface area contributed by atoms with Gasteiger partial charge in [0.25, 0.3) is 5.91 Å². The second-order valence-electron chi connectivity index (χ2n) is 8.15. The van der Waals surface area contributed by atoms with Gasteiger partial charge >= 0.3 is 0 Å². The van der Waals surface area contributed by atoms with E-state index in [4.69, 9.17) is 0 Å². The van der Waals surface area contributed by atoms with E-state index < -0.39 is 11.9 Å². The van der Waals surface area contributed by atoms with Crippen LogP contribution in [0.15, 0.2) is 61.1 Å². The smallest absolute Gasteiger partial charge is 0.255 e. The zero-order valence-electron chi connectivity index (χ0n) is 17.4. The Morgan fingerprint density at radius 3 is 2.73 bits per heavy atom. The molecule has 1 fully saturated rings. The van der Waals surface area contributed by atoms with Gasteiger partial charge in [-0.2, -0.15) is 0 Å². The summed E-state index contributed by atoms with van der Waals surface area (Å²) in [5.74, 6) is -0.945. The molecule has 2 aromatic carbocycles. The van der Waals surface area contributed by atoms with Crippen molar-refractivity contribution >= 4 is 28.5 Å². The van der Waals surface area contributed by atoms with Gasteiger partial charge in [0.15, 0.2) is 0 Å². The van der Waals surface area contributed by atoms with Gasteiger partial charge in [-0.1, -0.05) is 29.5 Å². The van der Waals surface area contributed by atoms with E-state index in [0.29, 0.717) is 17.7 Å². The van der Waals surface area contributed by atoms with Gasteiger partial charge in [0.1, 0.15) is 11.7 Å². The van der Waals surface area contributed by atoms with E-state index in [0.717, 1.165) is 27.6 Å². The lowest BCUT2D eigenvalue weighted by Crippen LogP contribution is -2.52. The Kier molecular flexibility index (Phi) is 4.29. The van der Waals surface area contributed by atoms with Crippen molar-refractivity contribution in [2.45, 2.75) is 25.4 Å². The molecule has 2 aliphatic rings. The predicted octanol–water partition coefficient (Wildman–Crippen LogP) is 2.24. The summed E-state index contributed by atoms with van der Waals surface area (Å²) in [4.78, 5) is 42.7. The molecular formula is C24H18N6O3. The summed E-state index contributed by atoms with van der Waals surface area (Å²) in [5.41, 5.74) is 3.62. The van der Waals surface area contributed by atoms with Crippen LogP contribution < -0.4 is 5.32 Å².